The van der Waals surface area contributed by atoms with E-state index in [1.54, 1.807) is 0 Å². The molecule has 0 saturated carbocycles. The molecule has 0 saturated heterocycles. The number of anilines is 2. The van der Waals surface area contributed by atoms with Crippen molar-refractivity contribution in [1.29, 1.82) is 0 Å². The fraction of sp³-hybridized carbons (Fsp3) is 0.0769. The molecule has 3 nitrogen and oxygen atoms in total. The summed E-state index contributed by atoms with van der Waals surface area (Å²) in [5.74, 6) is 0. The fourth-order valence-corrected chi connectivity index (χ4v) is 1.53. The van der Waals surface area contributed by atoms with Crippen LogP contribution < -0.4 is 5.32 Å². The third kappa shape index (κ3) is 2.45. The van der Waals surface area contributed by atoms with Crippen LogP contribution in [0.1, 0.15) is 5.56 Å². The zero-order valence-electron chi connectivity index (χ0n) is 8.76. The lowest BCUT2D eigenvalue weighted by Gasteiger charge is -2.09. The SMILES string of the molecule is O=NCc1ccccc1Nc1ccccc1. The number of para-hydroxylation sites is 2. The maximum absolute atomic E-state index is 10.3. The molecule has 3 heteroatoms. The van der Waals surface area contributed by atoms with Crippen LogP contribution >= 0.6 is 0 Å². The van der Waals surface area contributed by atoms with Gasteiger partial charge in [0.05, 0.1) is 0 Å². The van der Waals surface area contributed by atoms with Gasteiger partial charge in [0.2, 0.25) is 0 Å². The van der Waals surface area contributed by atoms with Crippen molar-refractivity contribution < 1.29 is 0 Å². The molecule has 0 fully saturated rings. The van der Waals surface area contributed by atoms with Crippen molar-refractivity contribution in [3.05, 3.63) is 65.1 Å². The number of nitrogens with one attached hydrogen (secondary N) is 1. The van der Waals surface area contributed by atoms with Gasteiger partial charge in [0.1, 0.15) is 6.54 Å². The molecular formula is C13H12N2O. The van der Waals surface area contributed by atoms with E-state index in [1.807, 2.05) is 54.6 Å². The summed E-state index contributed by atoms with van der Waals surface area (Å²) >= 11 is 0. The third-order valence-corrected chi connectivity index (χ3v) is 2.31. The van der Waals surface area contributed by atoms with Gasteiger partial charge in [0.15, 0.2) is 0 Å². The Morgan fingerprint density at radius 1 is 0.938 bits per heavy atom. The fourth-order valence-electron chi connectivity index (χ4n) is 1.53. The van der Waals surface area contributed by atoms with Crippen LogP contribution in [0.3, 0.4) is 0 Å². The Morgan fingerprint density at radius 3 is 2.38 bits per heavy atom. The topological polar surface area (TPSA) is 41.5 Å². The minimum Gasteiger partial charge on any atom is -0.355 e. The molecule has 2 rings (SSSR count). The standard InChI is InChI=1S/C13H12N2O/c16-14-10-11-6-4-5-9-13(11)15-12-7-2-1-3-8-12/h1-9,15H,10H2. The van der Waals surface area contributed by atoms with Gasteiger partial charge in [-0.1, -0.05) is 41.6 Å². The lowest BCUT2D eigenvalue weighted by molar-refractivity contribution is 1.06. The predicted molar refractivity (Wildman–Crippen MR) is 65.7 cm³/mol. The number of hydrogen-bond acceptors (Lipinski definition) is 3. The second-order valence-corrected chi connectivity index (χ2v) is 3.44. The molecule has 0 spiro atoms. The normalized spacial score (nSPS) is 9.75. The molecule has 2 aromatic carbocycles. The number of hydrogen-bond donors (Lipinski definition) is 1. The Labute approximate surface area is 94.1 Å². The van der Waals surface area contributed by atoms with Crippen LogP contribution in [-0.2, 0) is 6.54 Å². The molecule has 16 heavy (non-hydrogen) atoms. The van der Waals surface area contributed by atoms with E-state index in [0.717, 1.165) is 16.9 Å². The lowest BCUT2D eigenvalue weighted by Crippen LogP contribution is -1.94. The van der Waals surface area contributed by atoms with Gasteiger partial charge in [-0.25, -0.2) is 0 Å². The molecule has 0 aliphatic carbocycles. The third-order valence-electron chi connectivity index (χ3n) is 2.31. The van der Waals surface area contributed by atoms with Crippen molar-refractivity contribution >= 4 is 11.4 Å². The maximum atomic E-state index is 10.3. The van der Waals surface area contributed by atoms with Crippen molar-refractivity contribution in [1.82, 2.24) is 0 Å². The molecule has 2 aromatic rings. The summed E-state index contributed by atoms with van der Waals surface area (Å²) in [6.07, 6.45) is 0. The van der Waals surface area contributed by atoms with E-state index < -0.39 is 0 Å². The number of rotatable bonds is 4. The molecule has 0 heterocycles. The van der Waals surface area contributed by atoms with Gasteiger partial charge in [-0.3, -0.25) is 0 Å². The van der Waals surface area contributed by atoms with Crippen molar-refractivity contribution in [2.75, 3.05) is 5.32 Å². The summed E-state index contributed by atoms with van der Waals surface area (Å²) in [5, 5.41) is 6.18. The Bertz CT molecular complexity index is 468. The summed E-state index contributed by atoms with van der Waals surface area (Å²) in [7, 11) is 0. The average molecular weight is 212 g/mol. The molecule has 80 valence electrons. The molecule has 0 amide bonds. The van der Waals surface area contributed by atoms with E-state index in [-0.39, 0.29) is 6.54 Å². The predicted octanol–water partition coefficient (Wildman–Crippen LogP) is 3.70. The van der Waals surface area contributed by atoms with Gasteiger partial charge >= 0.3 is 0 Å². The van der Waals surface area contributed by atoms with Gasteiger partial charge in [0.25, 0.3) is 0 Å². The van der Waals surface area contributed by atoms with Crippen molar-refractivity contribution in [2.24, 2.45) is 5.18 Å². The molecule has 0 unspecified atom stereocenters. The number of benzene rings is 2. The second-order valence-electron chi connectivity index (χ2n) is 3.44. The highest BCUT2D eigenvalue weighted by Gasteiger charge is 2.01. The molecule has 1 N–H and O–H groups in total. The van der Waals surface area contributed by atoms with E-state index in [2.05, 4.69) is 10.5 Å². The van der Waals surface area contributed by atoms with E-state index >= 15 is 0 Å². The van der Waals surface area contributed by atoms with Crippen molar-refractivity contribution in [3.63, 3.8) is 0 Å². The van der Waals surface area contributed by atoms with Gasteiger partial charge in [-0.2, -0.15) is 4.91 Å². The summed E-state index contributed by atoms with van der Waals surface area (Å²) in [6.45, 7) is 0.190. The highest BCUT2D eigenvalue weighted by atomic mass is 16.3. The first kappa shape index (κ1) is 10.4. The molecule has 0 atom stereocenters. The van der Waals surface area contributed by atoms with E-state index in [9.17, 15) is 4.91 Å². The highest BCUT2D eigenvalue weighted by molar-refractivity contribution is 5.62. The van der Waals surface area contributed by atoms with E-state index in [0.29, 0.717) is 0 Å². The highest BCUT2D eigenvalue weighted by Crippen LogP contribution is 2.21. The van der Waals surface area contributed by atoms with Gasteiger partial charge in [-0.05, 0) is 18.2 Å². The molecule has 0 radical (unpaired) electrons. The van der Waals surface area contributed by atoms with Gasteiger partial charge in [0, 0.05) is 16.9 Å². The minimum atomic E-state index is 0.190. The van der Waals surface area contributed by atoms with Crippen LogP contribution in [0.15, 0.2) is 59.8 Å². The van der Waals surface area contributed by atoms with Crippen molar-refractivity contribution in [3.8, 4) is 0 Å². The maximum Gasteiger partial charge on any atom is 0.108 e. The largest absolute Gasteiger partial charge is 0.355 e. The molecule has 0 bridgehead atoms. The molecule has 0 aliphatic heterocycles. The Morgan fingerprint density at radius 2 is 1.62 bits per heavy atom. The zero-order chi connectivity index (χ0) is 11.2. The van der Waals surface area contributed by atoms with E-state index in [1.165, 1.54) is 0 Å². The van der Waals surface area contributed by atoms with Crippen LogP contribution in [0.2, 0.25) is 0 Å². The lowest BCUT2D eigenvalue weighted by atomic mass is 10.1. The van der Waals surface area contributed by atoms with Gasteiger partial charge < -0.3 is 5.32 Å². The summed E-state index contributed by atoms with van der Waals surface area (Å²) in [4.78, 5) is 10.3. The quantitative estimate of drug-likeness (QED) is 0.785. The second kappa shape index (κ2) is 5.07. The van der Waals surface area contributed by atoms with Crippen molar-refractivity contribution in [2.45, 2.75) is 6.54 Å². The van der Waals surface area contributed by atoms with E-state index in [4.69, 9.17) is 0 Å². The van der Waals surface area contributed by atoms with Crippen LogP contribution in [0.4, 0.5) is 11.4 Å². The molecule has 0 aliphatic rings. The Hall–Kier alpha value is -2.16. The number of nitroso groups, excluding NO2 is 1. The van der Waals surface area contributed by atoms with Crippen LogP contribution in [0.5, 0.6) is 0 Å². The summed E-state index contributed by atoms with van der Waals surface area (Å²) < 4.78 is 0. The smallest absolute Gasteiger partial charge is 0.108 e. The Kier molecular flexibility index (Phi) is 3.28. The van der Waals surface area contributed by atoms with Crippen LogP contribution in [0, 0.1) is 4.91 Å². The first-order valence-electron chi connectivity index (χ1n) is 5.09. The Balaban J connectivity index is 2.24. The van der Waals surface area contributed by atoms with Crippen LogP contribution in [-0.4, -0.2) is 0 Å². The minimum absolute atomic E-state index is 0.190. The summed E-state index contributed by atoms with van der Waals surface area (Å²) in [5.41, 5.74) is 2.83. The molecule has 0 aromatic heterocycles. The summed E-state index contributed by atoms with van der Waals surface area (Å²) in [6, 6.07) is 17.5. The monoisotopic (exact) mass is 212 g/mol. The molecular weight excluding hydrogens is 200 g/mol. The van der Waals surface area contributed by atoms with Crippen LogP contribution in [0.25, 0.3) is 0 Å². The average Bonchev–Trinajstić information content (AvgIpc) is 2.33. The zero-order valence-corrected chi connectivity index (χ0v) is 8.76. The first-order chi connectivity index (χ1) is 7.90. The first-order valence-corrected chi connectivity index (χ1v) is 5.09. The van der Waals surface area contributed by atoms with Gasteiger partial charge in [-0.15, -0.1) is 0 Å². The number of nitrogens with zero attached hydrogens (tertiary/aromatic N) is 1.